The Kier molecular flexibility index (Phi) is 5.67. The van der Waals surface area contributed by atoms with Crippen molar-refractivity contribution in [2.45, 2.75) is 39.0 Å². The Balaban J connectivity index is 2.18. The molecule has 1 unspecified atom stereocenters. The van der Waals surface area contributed by atoms with Crippen LogP contribution in [0.2, 0.25) is 5.02 Å². The van der Waals surface area contributed by atoms with Crippen LogP contribution in [0.4, 0.5) is 5.69 Å². The molecule has 1 atom stereocenters. The molecule has 1 aromatic rings. The van der Waals surface area contributed by atoms with Crippen LogP contribution in [0.15, 0.2) is 18.2 Å². The lowest BCUT2D eigenvalue weighted by Gasteiger charge is -2.25. The number of anilines is 1. The molecule has 1 aliphatic heterocycles. The third kappa shape index (κ3) is 3.86. The average Bonchev–Trinajstić information content (AvgIpc) is 2.64. The van der Waals surface area contributed by atoms with Crippen molar-refractivity contribution in [3.05, 3.63) is 28.8 Å². The summed E-state index contributed by atoms with van der Waals surface area (Å²) in [7, 11) is 0. The van der Waals surface area contributed by atoms with Crippen molar-refractivity contribution in [2.75, 3.05) is 18.0 Å². The molecule has 2 nitrogen and oxygen atoms in total. The van der Waals surface area contributed by atoms with Crippen molar-refractivity contribution in [2.24, 2.45) is 11.7 Å². The van der Waals surface area contributed by atoms with E-state index in [1.165, 1.54) is 32.1 Å². The maximum Gasteiger partial charge on any atom is 0.106 e. The summed E-state index contributed by atoms with van der Waals surface area (Å²) in [6, 6.07) is 5.79. The summed E-state index contributed by atoms with van der Waals surface area (Å²) in [5.41, 5.74) is 7.89. The summed E-state index contributed by atoms with van der Waals surface area (Å²) < 4.78 is 0. The summed E-state index contributed by atoms with van der Waals surface area (Å²) in [6.07, 6.45) is 6.42. The molecule has 110 valence electrons. The highest BCUT2D eigenvalue weighted by atomic mass is 35.5. The molecule has 0 aliphatic carbocycles. The largest absolute Gasteiger partial charge is 0.389 e. The standard InChI is InChI=1S/C16H23ClN2S/c1-2-4-12-5-3-9-19(10-8-12)15-11-13(17)6-7-14(15)16(18)20/h6-7,11-12H,2-5,8-10H2,1H3,(H2,18,20). The first-order valence-electron chi connectivity index (χ1n) is 7.46. The maximum atomic E-state index is 6.15. The summed E-state index contributed by atoms with van der Waals surface area (Å²) in [5, 5.41) is 0.745. The van der Waals surface area contributed by atoms with E-state index in [0.717, 1.165) is 35.3 Å². The van der Waals surface area contributed by atoms with Crippen molar-refractivity contribution >= 4 is 34.5 Å². The van der Waals surface area contributed by atoms with Crippen LogP contribution in [0.1, 0.15) is 44.6 Å². The molecular weight excluding hydrogens is 288 g/mol. The maximum absolute atomic E-state index is 6.15. The highest BCUT2D eigenvalue weighted by Crippen LogP contribution is 2.29. The Morgan fingerprint density at radius 2 is 2.20 bits per heavy atom. The molecule has 1 heterocycles. The van der Waals surface area contributed by atoms with Crippen molar-refractivity contribution in [1.29, 1.82) is 0 Å². The number of nitrogens with zero attached hydrogens (tertiary/aromatic N) is 1. The fourth-order valence-corrected chi connectivity index (χ4v) is 3.42. The molecule has 2 N–H and O–H groups in total. The van der Waals surface area contributed by atoms with Gasteiger partial charge in [0.2, 0.25) is 0 Å². The summed E-state index contributed by atoms with van der Waals surface area (Å²) in [5.74, 6) is 0.859. The SMILES string of the molecule is CCCC1CCCN(c2cc(Cl)ccc2C(N)=S)CC1. The van der Waals surface area contributed by atoms with Gasteiger partial charge in [0.15, 0.2) is 0 Å². The molecule has 0 saturated carbocycles. The van der Waals surface area contributed by atoms with Gasteiger partial charge in [-0.2, -0.15) is 0 Å². The predicted molar refractivity (Wildman–Crippen MR) is 91.8 cm³/mol. The molecular formula is C16H23ClN2S. The molecule has 2 rings (SSSR count). The average molecular weight is 311 g/mol. The second-order valence-corrected chi connectivity index (χ2v) is 6.47. The topological polar surface area (TPSA) is 29.3 Å². The lowest BCUT2D eigenvalue weighted by molar-refractivity contribution is 0.435. The van der Waals surface area contributed by atoms with Crippen LogP contribution in [0.25, 0.3) is 0 Å². The second-order valence-electron chi connectivity index (χ2n) is 5.60. The van der Waals surface area contributed by atoms with E-state index in [9.17, 15) is 0 Å². The highest BCUT2D eigenvalue weighted by molar-refractivity contribution is 7.80. The molecule has 0 aromatic heterocycles. The van der Waals surface area contributed by atoms with Crippen molar-refractivity contribution in [3.63, 3.8) is 0 Å². The Bertz CT molecular complexity index is 476. The highest BCUT2D eigenvalue weighted by Gasteiger charge is 2.19. The molecule has 1 aromatic carbocycles. The lowest BCUT2D eigenvalue weighted by atomic mass is 9.96. The minimum Gasteiger partial charge on any atom is -0.389 e. The first-order chi connectivity index (χ1) is 9.61. The number of thiocarbonyl (C=S) groups is 1. The number of benzene rings is 1. The quantitative estimate of drug-likeness (QED) is 0.837. The van der Waals surface area contributed by atoms with Crippen LogP contribution in [-0.2, 0) is 0 Å². The molecule has 1 aliphatic rings. The van der Waals surface area contributed by atoms with Crippen LogP contribution < -0.4 is 10.6 Å². The Labute approximate surface area is 132 Å². The molecule has 4 heteroatoms. The van der Waals surface area contributed by atoms with Gasteiger partial charge < -0.3 is 10.6 Å². The molecule has 0 bridgehead atoms. The normalized spacial score (nSPS) is 19.7. The third-order valence-electron chi connectivity index (χ3n) is 4.11. The van der Waals surface area contributed by atoms with E-state index in [2.05, 4.69) is 11.8 Å². The number of rotatable bonds is 4. The van der Waals surface area contributed by atoms with Gasteiger partial charge in [0, 0.05) is 29.4 Å². The lowest BCUT2D eigenvalue weighted by Crippen LogP contribution is -2.27. The van der Waals surface area contributed by atoms with E-state index in [0.29, 0.717) is 4.99 Å². The monoisotopic (exact) mass is 310 g/mol. The Hall–Kier alpha value is -0.800. The fourth-order valence-electron chi connectivity index (χ4n) is 3.08. The Morgan fingerprint density at radius 3 is 2.90 bits per heavy atom. The number of nitrogens with two attached hydrogens (primary N) is 1. The van der Waals surface area contributed by atoms with Crippen molar-refractivity contribution in [3.8, 4) is 0 Å². The van der Waals surface area contributed by atoms with Gasteiger partial charge >= 0.3 is 0 Å². The minimum atomic E-state index is 0.450. The zero-order valence-corrected chi connectivity index (χ0v) is 13.6. The zero-order chi connectivity index (χ0) is 14.5. The van der Waals surface area contributed by atoms with Crippen LogP contribution in [0, 0.1) is 5.92 Å². The smallest absolute Gasteiger partial charge is 0.106 e. The van der Waals surface area contributed by atoms with Gasteiger partial charge in [-0.05, 0) is 43.4 Å². The second kappa shape index (κ2) is 7.28. The molecule has 1 saturated heterocycles. The minimum absolute atomic E-state index is 0.450. The molecule has 1 fully saturated rings. The van der Waals surface area contributed by atoms with E-state index < -0.39 is 0 Å². The molecule has 0 amide bonds. The van der Waals surface area contributed by atoms with E-state index >= 15 is 0 Å². The van der Waals surface area contributed by atoms with Gasteiger partial charge in [-0.15, -0.1) is 0 Å². The molecule has 0 radical (unpaired) electrons. The van der Waals surface area contributed by atoms with Crippen LogP contribution in [-0.4, -0.2) is 18.1 Å². The van der Waals surface area contributed by atoms with Crippen LogP contribution in [0.5, 0.6) is 0 Å². The van der Waals surface area contributed by atoms with E-state index in [1.54, 1.807) is 0 Å². The number of hydrogen-bond acceptors (Lipinski definition) is 2. The summed E-state index contributed by atoms with van der Waals surface area (Å²) in [6.45, 7) is 4.40. The van der Waals surface area contributed by atoms with Crippen LogP contribution in [0.3, 0.4) is 0 Å². The molecule has 0 spiro atoms. The van der Waals surface area contributed by atoms with E-state index in [1.807, 2.05) is 18.2 Å². The van der Waals surface area contributed by atoms with Gasteiger partial charge in [0.25, 0.3) is 0 Å². The van der Waals surface area contributed by atoms with Gasteiger partial charge in [-0.25, -0.2) is 0 Å². The summed E-state index contributed by atoms with van der Waals surface area (Å²) in [4.78, 5) is 2.85. The van der Waals surface area contributed by atoms with Crippen molar-refractivity contribution < 1.29 is 0 Å². The first-order valence-corrected chi connectivity index (χ1v) is 8.24. The van der Waals surface area contributed by atoms with Gasteiger partial charge in [0.05, 0.1) is 0 Å². The third-order valence-corrected chi connectivity index (χ3v) is 4.57. The van der Waals surface area contributed by atoms with Gasteiger partial charge in [-0.3, -0.25) is 0 Å². The van der Waals surface area contributed by atoms with E-state index in [-0.39, 0.29) is 0 Å². The van der Waals surface area contributed by atoms with Crippen LogP contribution >= 0.6 is 23.8 Å². The fraction of sp³-hybridized carbons (Fsp3) is 0.562. The zero-order valence-electron chi connectivity index (χ0n) is 12.1. The first kappa shape index (κ1) is 15.6. The van der Waals surface area contributed by atoms with Gasteiger partial charge in [-0.1, -0.05) is 43.6 Å². The molecule has 20 heavy (non-hydrogen) atoms. The van der Waals surface area contributed by atoms with Gasteiger partial charge in [0.1, 0.15) is 4.99 Å². The van der Waals surface area contributed by atoms with Crippen molar-refractivity contribution in [1.82, 2.24) is 0 Å². The number of hydrogen-bond donors (Lipinski definition) is 1. The van der Waals surface area contributed by atoms with E-state index in [4.69, 9.17) is 29.6 Å². The number of halogens is 1. The summed E-state index contributed by atoms with van der Waals surface area (Å²) >= 11 is 11.3. The predicted octanol–water partition coefficient (Wildman–Crippen LogP) is 4.38. The Morgan fingerprint density at radius 1 is 1.40 bits per heavy atom.